The second-order valence-electron chi connectivity index (χ2n) is 12.6. The van der Waals surface area contributed by atoms with E-state index < -0.39 is 0 Å². The lowest BCUT2D eigenvalue weighted by molar-refractivity contribution is 0.669. The van der Waals surface area contributed by atoms with E-state index in [2.05, 4.69) is 126 Å². The van der Waals surface area contributed by atoms with Crippen LogP contribution in [0.3, 0.4) is 0 Å². The lowest BCUT2D eigenvalue weighted by Crippen LogP contribution is -2.09. The molecule has 0 saturated heterocycles. The Hall–Kier alpha value is -6.78. The minimum Gasteiger partial charge on any atom is -0.456 e. The van der Waals surface area contributed by atoms with Gasteiger partial charge < -0.3 is 9.32 Å². The monoisotopic (exact) mass is 639 g/mol. The Morgan fingerprint density at radius 3 is 1.64 bits per heavy atom. The van der Waals surface area contributed by atoms with Crippen molar-refractivity contribution in [2.75, 3.05) is 4.90 Å². The average molecular weight is 640 g/mol. The Balaban J connectivity index is 1.18. The van der Waals surface area contributed by atoms with Gasteiger partial charge in [0.25, 0.3) is 0 Å². The fourth-order valence-corrected chi connectivity index (χ4v) is 7.21. The summed E-state index contributed by atoms with van der Waals surface area (Å²) in [5, 5.41) is 6.86. The van der Waals surface area contributed by atoms with Gasteiger partial charge in [0, 0.05) is 45.0 Å². The third-order valence-corrected chi connectivity index (χ3v) is 9.59. The number of nitrogens with zero attached hydrogens (tertiary/aromatic N) is 3. The highest BCUT2D eigenvalue weighted by Gasteiger charge is 2.21. The minimum absolute atomic E-state index is 0.812. The maximum atomic E-state index is 6.68. The third-order valence-electron chi connectivity index (χ3n) is 9.59. The minimum atomic E-state index is 0.812. The Morgan fingerprint density at radius 2 is 0.960 bits per heavy atom. The number of hydrogen-bond donors (Lipinski definition) is 0. The molecule has 0 spiro atoms. The van der Waals surface area contributed by atoms with Gasteiger partial charge in [-0.15, -0.1) is 0 Å². The highest BCUT2D eigenvalue weighted by atomic mass is 16.3. The predicted octanol–water partition coefficient (Wildman–Crippen LogP) is 12.6. The van der Waals surface area contributed by atoms with Gasteiger partial charge in [-0.1, -0.05) is 115 Å². The van der Waals surface area contributed by atoms with Crippen LogP contribution in [0.25, 0.3) is 77.0 Å². The molecular weight excluding hydrogens is 611 g/mol. The van der Waals surface area contributed by atoms with Gasteiger partial charge in [0.1, 0.15) is 11.2 Å². The van der Waals surface area contributed by atoms with E-state index in [9.17, 15) is 0 Å². The summed E-state index contributed by atoms with van der Waals surface area (Å²) < 4.78 is 6.68. The van der Waals surface area contributed by atoms with Crippen LogP contribution in [0.1, 0.15) is 0 Å². The van der Waals surface area contributed by atoms with Crippen LogP contribution in [0.2, 0.25) is 0 Å². The normalized spacial score (nSPS) is 11.6. The largest absolute Gasteiger partial charge is 0.456 e. The lowest BCUT2D eigenvalue weighted by atomic mass is 9.98. The molecule has 0 aliphatic heterocycles. The van der Waals surface area contributed by atoms with Crippen LogP contribution in [0, 0.1) is 0 Å². The number of furan rings is 1. The second-order valence-corrected chi connectivity index (χ2v) is 12.6. The first-order valence-electron chi connectivity index (χ1n) is 16.8. The zero-order chi connectivity index (χ0) is 33.0. The second kappa shape index (κ2) is 11.4. The highest BCUT2D eigenvalue weighted by molar-refractivity contribution is 6.14. The van der Waals surface area contributed by atoms with E-state index in [0.717, 1.165) is 72.5 Å². The molecule has 0 saturated carbocycles. The van der Waals surface area contributed by atoms with Gasteiger partial charge in [0.2, 0.25) is 0 Å². The SMILES string of the molecule is c1ccc(-c2nc3ccccc3nc2-c2cccc3oc4cc(N(c5ccc6ccccc6c5)c5ccc6ccccc6c5)ccc4c23)cc1. The summed E-state index contributed by atoms with van der Waals surface area (Å²) in [4.78, 5) is 12.7. The van der Waals surface area contributed by atoms with E-state index in [1.54, 1.807) is 0 Å². The molecule has 10 rings (SSSR count). The van der Waals surface area contributed by atoms with Crippen molar-refractivity contribution in [3.05, 3.63) is 176 Å². The molecule has 0 bridgehead atoms. The molecule has 50 heavy (non-hydrogen) atoms. The topological polar surface area (TPSA) is 42.2 Å². The van der Waals surface area contributed by atoms with Gasteiger partial charge in [0.05, 0.1) is 22.4 Å². The highest BCUT2D eigenvalue weighted by Crippen LogP contribution is 2.43. The molecule has 10 aromatic rings. The molecule has 8 aromatic carbocycles. The van der Waals surface area contributed by atoms with Crippen LogP contribution in [0.5, 0.6) is 0 Å². The van der Waals surface area contributed by atoms with Crippen molar-refractivity contribution in [1.82, 2.24) is 9.97 Å². The molecular formula is C46H29N3O. The first-order valence-corrected chi connectivity index (χ1v) is 16.8. The molecule has 0 aliphatic carbocycles. The van der Waals surface area contributed by atoms with Gasteiger partial charge in [0.15, 0.2) is 0 Å². The van der Waals surface area contributed by atoms with Crippen molar-refractivity contribution in [2.24, 2.45) is 0 Å². The number of rotatable bonds is 5. The number of fused-ring (bicyclic) bond motifs is 6. The molecule has 2 aromatic heterocycles. The Kier molecular flexibility index (Phi) is 6.46. The number of para-hydroxylation sites is 2. The smallest absolute Gasteiger partial charge is 0.137 e. The van der Waals surface area contributed by atoms with Crippen molar-refractivity contribution in [1.29, 1.82) is 0 Å². The molecule has 0 aliphatic rings. The van der Waals surface area contributed by atoms with E-state index in [1.165, 1.54) is 21.5 Å². The number of benzene rings is 8. The summed E-state index contributed by atoms with van der Waals surface area (Å²) >= 11 is 0. The molecule has 2 heterocycles. The maximum absolute atomic E-state index is 6.68. The third kappa shape index (κ3) is 4.69. The van der Waals surface area contributed by atoms with E-state index in [-0.39, 0.29) is 0 Å². The molecule has 0 amide bonds. The molecule has 0 N–H and O–H groups in total. The summed E-state index contributed by atoms with van der Waals surface area (Å²) in [6, 6.07) is 61.4. The van der Waals surface area contributed by atoms with Crippen molar-refractivity contribution in [3.8, 4) is 22.5 Å². The summed E-state index contributed by atoms with van der Waals surface area (Å²) in [7, 11) is 0. The zero-order valence-electron chi connectivity index (χ0n) is 27.0. The summed E-state index contributed by atoms with van der Waals surface area (Å²) in [6.45, 7) is 0. The van der Waals surface area contributed by atoms with E-state index in [0.29, 0.717) is 0 Å². The fraction of sp³-hybridized carbons (Fsp3) is 0. The van der Waals surface area contributed by atoms with Gasteiger partial charge in [-0.25, -0.2) is 9.97 Å². The zero-order valence-corrected chi connectivity index (χ0v) is 27.0. The van der Waals surface area contributed by atoms with Crippen LogP contribution in [0.4, 0.5) is 17.1 Å². The van der Waals surface area contributed by atoms with Crippen molar-refractivity contribution in [3.63, 3.8) is 0 Å². The Bertz CT molecular complexity index is 2810. The van der Waals surface area contributed by atoms with E-state index in [1.807, 2.05) is 54.6 Å². The van der Waals surface area contributed by atoms with E-state index >= 15 is 0 Å². The number of aromatic nitrogens is 2. The van der Waals surface area contributed by atoms with Gasteiger partial charge >= 0.3 is 0 Å². The standard InChI is InChI=1S/C46H29N3O/c1-2-13-32(14-3-1)45-46(48-41-19-9-8-18-40(41)47-45)39-17-10-20-42-44(39)38-26-25-37(29-43(38)50-42)49(35-23-21-30-11-4-6-15-33(30)27-35)36-24-22-31-12-5-7-16-34(31)28-36/h1-29H. The summed E-state index contributed by atoms with van der Waals surface area (Å²) in [5.41, 5.74) is 10.2. The first kappa shape index (κ1) is 28.3. The molecule has 0 fully saturated rings. The Morgan fingerprint density at radius 1 is 0.400 bits per heavy atom. The van der Waals surface area contributed by atoms with E-state index in [4.69, 9.17) is 14.4 Å². The summed E-state index contributed by atoms with van der Waals surface area (Å²) in [5.74, 6) is 0. The van der Waals surface area contributed by atoms with Crippen molar-refractivity contribution in [2.45, 2.75) is 0 Å². The molecule has 0 unspecified atom stereocenters. The van der Waals surface area contributed by atoms with Gasteiger partial charge in [-0.05, 0) is 76.1 Å². The Labute approximate surface area is 288 Å². The van der Waals surface area contributed by atoms with Crippen LogP contribution < -0.4 is 4.90 Å². The molecule has 4 nitrogen and oxygen atoms in total. The molecule has 0 radical (unpaired) electrons. The summed E-state index contributed by atoms with van der Waals surface area (Å²) in [6.07, 6.45) is 0. The van der Waals surface area contributed by atoms with Crippen LogP contribution in [0.15, 0.2) is 180 Å². The van der Waals surface area contributed by atoms with Crippen LogP contribution in [-0.2, 0) is 0 Å². The van der Waals surface area contributed by atoms with Gasteiger partial charge in [-0.2, -0.15) is 0 Å². The predicted molar refractivity (Wildman–Crippen MR) is 207 cm³/mol. The van der Waals surface area contributed by atoms with Gasteiger partial charge in [-0.3, -0.25) is 0 Å². The first-order chi connectivity index (χ1) is 24.8. The molecule has 0 atom stereocenters. The molecule has 234 valence electrons. The number of anilines is 3. The van der Waals surface area contributed by atoms with Crippen LogP contribution in [-0.4, -0.2) is 9.97 Å². The van der Waals surface area contributed by atoms with Crippen molar-refractivity contribution < 1.29 is 4.42 Å². The fourth-order valence-electron chi connectivity index (χ4n) is 7.21. The lowest BCUT2D eigenvalue weighted by Gasteiger charge is -2.26. The quantitative estimate of drug-likeness (QED) is 0.188. The molecule has 4 heteroatoms. The van der Waals surface area contributed by atoms with Crippen LogP contribution >= 0.6 is 0 Å². The maximum Gasteiger partial charge on any atom is 0.137 e. The average Bonchev–Trinajstić information content (AvgIpc) is 3.56. The van der Waals surface area contributed by atoms with Crippen molar-refractivity contribution >= 4 is 71.6 Å². The number of hydrogen-bond acceptors (Lipinski definition) is 4.